The highest BCUT2D eigenvalue weighted by molar-refractivity contribution is 5.81. The minimum absolute atomic E-state index is 0.307. The second kappa shape index (κ2) is 4.79. The molecule has 0 rings (SSSR count). The van der Waals surface area contributed by atoms with E-state index in [0.717, 1.165) is 18.1 Å². The average Bonchev–Trinajstić information content (AvgIpc) is 1.99. The van der Waals surface area contributed by atoms with E-state index < -0.39 is 5.97 Å². The average molecular weight is 140 g/mol. The molecule has 0 bridgehead atoms. The van der Waals surface area contributed by atoms with Crippen molar-refractivity contribution in [2.45, 2.75) is 13.3 Å². The lowest BCUT2D eigenvalue weighted by Crippen LogP contribution is -2.02. The molecule has 0 atom stereocenters. The maximum atomic E-state index is 10.5. The number of rotatable bonds is 4. The van der Waals surface area contributed by atoms with E-state index in [9.17, 15) is 4.79 Å². The van der Waals surface area contributed by atoms with Crippen molar-refractivity contribution in [3.05, 3.63) is 24.8 Å². The van der Waals surface area contributed by atoms with Gasteiger partial charge in [-0.2, -0.15) is 0 Å². The third-order valence-electron chi connectivity index (χ3n) is 1.09. The summed E-state index contributed by atoms with van der Waals surface area (Å²) >= 11 is 0. The van der Waals surface area contributed by atoms with Crippen LogP contribution in [0.3, 0.4) is 0 Å². The van der Waals surface area contributed by atoms with Crippen molar-refractivity contribution in [1.29, 1.82) is 0 Å². The molecule has 0 aliphatic rings. The van der Waals surface area contributed by atoms with E-state index in [-0.39, 0.29) is 0 Å². The molecule has 10 heavy (non-hydrogen) atoms. The summed E-state index contributed by atoms with van der Waals surface area (Å²) in [4.78, 5) is 10.5. The number of ether oxygens (including phenoxy) is 1. The molecule has 0 saturated carbocycles. The summed E-state index contributed by atoms with van der Waals surface area (Å²) < 4.78 is 4.69. The molecular weight excluding hydrogens is 128 g/mol. The van der Waals surface area contributed by atoms with Crippen molar-refractivity contribution in [3.63, 3.8) is 0 Å². The summed E-state index contributed by atoms with van der Waals surface area (Å²) in [6, 6.07) is 0. The molecule has 0 saturated heterocycles. The van der Waals surface area contributed by atoms with E-state index in [0.29, 0.717) is 6.61 Å². The first-order chi connectivity index (χ1) is 4.70. The van der Waals surface area contributed by atoms with Gasteiger partial charge in [-0.15, -0.1) is 0 Å². The smallest absolute Gasteiger partial charge is 0.330 e. The van der Waals surface area contributed by atoms with Gasteiger partial charge in [0.1, 0.15) is 6.61 Å². The topological polar surface area (TPSA) is 26.3 Å². The van der Waals surface area contributed by atoms with Gasteiger partial charge in [0.05, 0.1) is 0 Å². The quantitative estimate of drug-likeness (QED) is 0.337. The molecule has 0 aromatic carbocycles. The minimum atomic E-state index is -0.394. The highest BCUT2D eigenvalue weighted by atomic mass is 16.5. The Morgan fingerprint density at radius 2 is 2.30 bits per heavy atom. The lowest BCUT2D eigenvalue weighted by atomic mass is 10.2. The molecule has 2 nitrogen and oxygen atoms in total. The van der Waals surface area contributed by atoms with Gasteiger partial charge in [-0.1, -0.05) is 20.1 Å². The van der Waals surface area contributed by atoms with Gasteiger partial charge in [-0.05, 0) is 12.0 Å². The van der Waals surface area contributed by atoms with E-state index >= 15 is 0 Å². The Morgan fingerprint density at radius 1 is 1.70 bits per heavy atom. The monoisotopic (exact) mass is 140 g/mol. The van der Waals surface area contributed by atoms with E-state index in [1.807, 2.05) is 6.92 Å². The summed E-state index contributed by atoms with van der Waals surface area (Å²) in [5, 5.41) is 0. The molecule has 0 aliphatic heterocycles. The normalized spacial score (nSPS) is 8.50. The van der Waals surface area contributed by atoms with Crippen LogP contribution in [-0.2, 0) is 9.53 Å². The van der Waals surface area contributed by atoms with Crippen molar-refractivity contribution in [2.75, 3.05) is 6.61 Å². The highest BCUT2D eigenvalue weighted by Crippen LogP contribution is 1.96. The Kier molecular flexibility index (Phi) is 4.29. The maximum Gasteiger partial charge on any atom is 0.330 e. The summed E-state index contributed by atoms with van der Waals surface area (Å²) in [6.07, 6.45) is 1.98. The summed E-state index contributed by atoms with van der Waals surface area (Å²) in [7, 11) is 0. The number of esters is 1. The number of carbonyl (C=O) groups is 1. The Bertz CT molecular complexity index is 147. The SMILES string of the molecule is C=CC(=O)OCC(=C)CC. The molecule has 0 aliphatic carbocycles. The first-order valence-corrected chi connectivity index (χ1v) is 3.16. The van der Waals surface area contributed by atoms with E-state index in [1.165, 1.54) is 0 Å². The summed E-state index contributed by atoms with van der Waals surface area (Å²) in [5.74, 6) is -0.394. The Balaban J connectivity index is 3.44. The van der Waals surface area contributed by atoms with Crippen LogP contribution < -0.4 is 0 Å². The largest absolute Gasteiger partial charge is 0.458 e. The molecule has 0 N–H and O–H groups in total. The molecule has 0 unspecified atom stereocenters. The number of hydrogen-bond donors (Lipinski definition) is 0. The molecule has 0 aromatic rings. The molecule has 0 aromatic heterocycles. The fourth-order valence-electron chi connectivity index (χ4n) is 0.334. The Labute approximate surface area is 61.2 Å². The molecule has 0 amide bonds. The molecule has 0 radical (unpaired) electrons. The zero-order valence-electron chi connectivity index (χ0n) is 6.22. The number of carbonyl (C=O) groups excluding carboxylic acids is 1. The fourth-order valence-corrected chi connectivity index (χ4v) is 0.334. The highest BCUT2D eigenvalue weighted by Gasteiger charge is 1.95. The van der Waals surface area contributed by atoms with E-state index in [1.54, 1.807) is 0 Å². The van der Waals surface area contributed by atoms with Crippen LogP contribution in [0.2, 0.25) is 0 Å². The summed E-state index contributed by atoms with van der Waals surface area (Å²) in [5.41, 5.74) is 0.912. The first-order valence-electron chi connectivity index (χ1n) is 3.16. The first kappa shape index (κ1) is 8.95. The van der Waals surface area contributed by atoms with Gasteiger partial charge < -0.3 is 4.74 Å². The molecule has 56 valence electrons. The van der Waals surface area contributed by atoms with Gasteiger partial charge in [0.15, 0.2) is 0 Å². The fraction of sp³-hybridized carbons (Fsp3) is 0.375. The Morgan fingerprint density at radius 3 is 2.70 bits per heavy atom. The van der Waals surface area contributed by atoms with Gasteiger partial charge in [-0.3, -0.25) is 0 Å². The zero-order chi connectivity index (χ0) is 7.98. The predicted molar refractivity (Wildman–Crippen MR) is 40.6 cm³/mol. The molecule has 0 heterocycles. The van der Waals surface area contributed by atoms with Gasteiger partial charge in [0.2, 0.25) is 0 Å². The molecule has 0 fully saturated rings. The second-order valence-electron chi connectivity index (χ2n) is 1.92. The van der Waals surface area contributed by atoms with Crippen LogP contribution in [0.1, 0.15) is 13.3 Å². The lowest BCUT2D eigenvalue weighted by Gasteiger charge is -2.01. The van der Waals surface area contributed by atoms with E-state index in [2.05, 4.69) is 17.9 Å². The lowest BCUT2D eigenvalue weighted by molar-refractivity contribution is -0.136. The maximum absolute atomic E-state index is 10.5. The van der Waals surface area contributed by atoms with Crippen molar-refractivity contribution in [3.8, 4) is 0 Å². The number of hydrogen-bond acceptors (Lipinski definition) is 2. The van der Waals surface area contributed by atoms with Crippen molar-refractivity contribution < 1.29 is 9.53 Å². The minimum Gasteiger partial charge on any atom is -0.458 e. The second-order valence-corrected chi connectivity index (χ2v) is 1.92. The molecule has 0 spiro atoms. The van der Waals surface area contributed by atoms with Crippen molar-refractivity contribution in [1.82, 2.24) is 0 Å². The zero-order valence-corrected chi connectivity index (χ0v) is 6.22. The predicted octanol–water partition coefficient (Wildman–Crippen LogP) is 1.68. The van der Waals surface area contributed by atoms with E-state index in [4.69, 9.17) is 0 Å². The molecule has 2 heteroatoms. The van der Waals surface area contributed by atoms with Gasteiger partial charge >= 0.3 is 5.97 Å². The van der Waals surface area contributed by atoms with Crippen molar-refractivity contribution >= 4 is 5.97 Å². The van der Waals surface area contributed by atoms with Crippen molar-refractivity contribution in [2.24, 2.45) is 0 Å². The Hall–Kier alpha value is -1.05. The van der Waals surface area contributed by atoms with Crippen LogP contribution in [0.25, 0.3) is 0 Å². The third kappa shape index (κ3) is 3.89. The standard InChI is InChI=1S/C8H12O2/c1-4-7(3)6-10-8(9)5-2/h5H,2-4,6H2,1H3. The van der Waals surface area contributed by atoms with Gasteiger partial charge in [0.25, 0.3) is 0 Å². The molecular formula is C8H12O2. The summed E-state index contributed by atoms with van der Waals surface area (Å²) in [6.45, 7) is 9.20. The van der Waals surface area contributed by atoms with Crippen LogP contribution in [0.15, 0.2) is 24.8 Å². The van der Waals surface area contributed by atoms with Crippen LogP contribution in [0, 0.1) is 0 Å². The van der Waals surface area contributed by atoms with Crippen LogP contribution in [0.5, 0.6) is 0 Å². The van der Waals surface area contributed by atoms with Crippen LogP contribution in [0.4, 0.5) is 0 Å². The third-order valence-corrected chi connectivity index (χ3v) is 1.09. The van der Waals surface area contributed by atoms with Crippen LogP contribution in [-0.4, -0.2) is 12.6 Å². The van der Waals surface area contributed by atoms with Gasteiger partial charge in [0, 0.05) is 6.08 Å². The van der Waals surface area contributed by atoms with Crippen LogP contribution >= 0.6 is 0 Å². The van der Waals surface area contributed by atoms with Gasteiger partial charge in [-0.25, -0.2) is 4.79 Å².